The maximum atomic E-state index is 12.9. The zero-order chi connectivity index (χ0) is 32.6. The molecule has 4 unspecified atom stereocenters. The van der Waals surface area contributed by atoms with Crippen molar-refractivity contribution in [3.8, 4) is 0 Å². The minimum absolute atomic E-state index is 0.0171. The average molecular weight is 620 g/mol. The fraction of sp³-hybridized carbons (Fsp3) is 0.500. The van der Waals surface area contributed by atoms with Gasteiger partial charge < -0.3 is 30.2 Å². The van der Waals surface area contributed by atoms with Gasteiger partial charge in [0.15, 0.2) is 5.76 Å². The second-order valence-electron chi connectivity index (χ2n) is 11.2. The Bertz CT molecular complexity index is 1160. The molecule has 1 rings (SSSR count). The van der Waals surface area contributed by atoms with Gasteiger partial charge in [-0.15, -0.1) is 0 Å². The highest BCUT2D eigenvalue weighted by Gasteiger charge is 2.32. The molecule has 11 heteroatoms. The minimum Gasteiger partial charge on any atom is -0.490 e. The van der Waals surface area contributed by atoms with Crippen molar-refractivity contribution < 1.29 is 33.4 Å². The van der Waals surface area contributed by atoms with Gasteiger partial charge in [0, 0.05) is 43.3 Å². The number of amides is 3. The Morgan fingerprint density at radius 2 is 1.84 bits per heavy atom. The summed E-state index contributed by atoms with van der Waals surface area (Å²) in [6, 6.07) is -0.814. The predicted octanol–water partition coefficient (Wildman–Crippen LogP) is 5.34. The monoisotopic (exact) mass is 619 g/mol. The number of methoxy groups -OCH3 is 1. The van der Waals surface area contributed by atoms with Crippen LogP contribution in [0.5, 0.6) is 0 Å². The van der Waals surface area contributed by atoms with Crippen LogP contribution < -0.4 is 16.0 Å². The Labute approximate surface area is 260 Å². The fourth-order valence-corrected chi connectivity index (χ4v) is 4.06. The third-order valence-electron chi connectivity index (χ3n) is 6.34. The van der Waals surface area contributed by atoms with E-state index in [0.29, 0.717) is 24.3 Å². The Hall–Kier alpha value is -3.79. The molecular formula is C32H46ClN3O7. The molecule has 238 valence electrons. The lowest BCUT2D eigenvalue weighted by atomic mass is 9.86. The van der Waals surface area contributed by atoms with Crippen molar-refractivity contribution in [1.82, 2.24) is 16.0 Å². The van der Waals surface area contributed by atoms with Gasteiger partial charge in [0.25, 0.3) is 0 Å². The number of rotatable bonds is 14. The number of nitrogens with one attached hydrogen (secondary N) is 3. The van der Waals surface area contributed by atoms with Gasteiger partial charge in [0.2, 0.25) is 11.8 Å². The standard InChI is InChI=1S/C32H46ClN3O7/c1-21(20-22(2)25-17-18-26(41-8)30(39)43-25)12-9-10-14-27(37)36-28(32(4,5)6)29(38)35-19-11-13-24(16-15-23(3)33)42-31(40)34-7/h9-12,14-15,18-20,22,24-25,28H,13,16-17H2,1-8H3,(H,34,40)(H,35,38)(H,36,37)/b12-9+,14-10+,19-11-,21-20+,23-15+. The lowest BCUT2D eigenvalue weighted by molar-refractivity contribution is -0.151. The molecule has 0 radical (unpaired) electrons. The Morgan fingerprint density at radius 3 is 2.42 bits per heavy atom. The van der Waals surface area contributed by atoms with Gasteiger partial charge in [-0.05, 0) is 31.5 Å². The van der Waals surface area contributed by atoms with Crippen LogP contribution in [-0.2, 0) is 28.6 Å². The average Bonchev–Trinajstić information content (AvgIpc) is 2.93. The first-order valence-electron chi connectivity index (χ1n) is 14.1. The van der Waals surface area contributed by atoms with E-state index in [4.69, 9.17) is 25.8 Å². The molecule has 3 amide bonds. The van der Waals surface area contributed by atoms with E-state index in [9.17, 15) is 19.2 Å². The van der Waals surface area contributed by atoms with Crippen LogP contribution in [0.25, 0.3) is 0 Å². The highest BCUT2D eigenvalue weighted by atomic mass is 35.5. The highest BCUT2D eigenvalue weighted by molar-refractivity contribution is 6.29. The summed E-state index contributed by atoms with van der Waals surface area (Å²) in [6.07, 6.45) is 15.2. The lowest BCUT2D eigenvalue weighted by Gasteiger charge is -2.29. The number of halogens is 1. The molecule has 10 nitrogen and oxygen atoms in total. The van der Waals surface area contributed by atoms with Crippen molar-refractivity contribution in [2.45, 2.75) is 79.1 Å². The van der Waals surface area contributed by atoms with Gasteiger partial charge in [-0.1, -0.05) is 81.3 Å². The van der Waals surface area contributed by atoms with E-state index in [0.717, 1.165) is 5.57 Å². The molecule has 0 aromatic rings. The first-order valence-corrected chi connectivity index (χ1v) is 14.5. The summed E-state index contributed by atoms with van der Waals surface area (Å²) in [7, 11) is 2.91. The highest BCUT2D eigenvalue weighted by Crippen LogP contribution is 2.23. The molecular weight excluding hydrogens is 574 g/mol. The number of hydrogen-bond acceptors (Lipinski definition) is 7. The zero-order valence-electron chi connectivity index (χ0n) is 26.4. The summed E-state index contributed by atoms with van der Waals surface area (Å²) >= 11 is 5.89. The Balaban J connectivity index is 2.71. The molecule has 1 aliphatic heterocycles. The molecule has 0 bridgehead atoms. The molecule has 0 aliphatic carbocycles. The van der Waals surface area contributed by atoms with Crippen LogP contribution in [0, 0.1) is 11.3 Å². The molecule has 0 saturated carbocycles. The number of esters is 1. The molecule has 0 aromatic carbocycles. The van der Waals surface area contributed by atoms with Gasteiger partial charge in [0.05, 0.1) is 7.11 Å². The third-order valence-corrected chi connectivity index (χ3v) is 6.50. The van der Waals surface area contributed by atoms with Crippen LogP contribution in [0.2, 0.25) is 0 Å². The van der Waals surface area contributed by atoms with Gasteiger partial charge in [-0.3, -0.25) is 9.59 Å². The van der Waals surface area contributed by atoms with Gasteiger partial charge >= 0.3 is 12.1 Å². The number of carbonyl (C=O) groups is 4. The topological polar surface area (TPSA) is 132 Å². The van der Waals surface area contributed by atoms with E-state index in [2.05, 4.69) is 16.0 Å². The largest absolute Gasteiger partial charge is 0.490 e. The molecule has 0 aromatic heterocycles. The Morgan fingerprint density at radius 1 is 1.16 bits per heavy atom. The van der Waals surface area contributed by atoms with Crippen molar-refractivity contribution in [1.29, 1.82) is 0 Å². The van der Waals surface area contributed by atoms with Crippen molar-refractivity contribution in [3.63, 3.8) is 0 Å². The lowest BCUT2D eigenvalue weighted by Crippen LogP contribution is -2.52. The molecule has 4 atom stereocenters. The number of alkyl carbamates (subject to hydrolysis) is 1. The molecule has 43 heavy (non-hydrogen) atoms. The smallest absolute Gasteiger partial charge is 0.407 e. The van der Waals surface area contributed by atoms with E-state index in [-0.39, 0.29) is 23.7 Å². The molecule has 0 saturated heterocycles. The van der Waals surface area contributed by atoms with Crippen LogP contribution in [0.15, 0.2) is 71.2 Å². The molecule has 0 spiro atoms. The fourth-order valence-electron chi connectivity index (χ4n) is 3.97. The summed E-state index contributed by atoms with van der Waals surface area (Å²) in [6.45, 7) is 11.2. The van der Waals surface area contributed by atoms with Crippen molar-refractivity contribution in [2.24, 2.45) is 11.3 Å². The first-order chi connectivity index (χ1) is 20.2. The minimum atomic E-state index is -0.814. The van der Waals surface area contributed by atoms with Crippen LogP contribution >= 0.6 is 11.6 Å². The number of allylic oxidation sites excluding steroid dienone is 5. The second kappa shape index (κ2) is 18.7. The number of ether oxygens (including phenoxy) is 3. The van der Waals surface area contributed by atoms with Gasteiger partial charge in [-0.2, -0.15) is 0 Å². The van der Waals surface area contributed by atoms with Gasteiger partial charge in [0.1, 0.15) is 18.2 Å². The number of hydrogen-bond donors (Lipinski definition) is 3. The predicted molar refractivity (Wildman–Crippen MR) is 168 cm³/mol. The summed E-state index contributed by atoms with van der Waals surface area (Å²) in [4.78, 5) is 49.1. The van der Waals surface area contributed by atoms with E-state index in [1.54, 1.807) is 37.3 Å². The summed E-state index contributed by atoms with van der Waals surface area (Å²) in [5.74, 6) is -1.07. The Kier molecular flexibility index (Phi) is 16.2. The second-order valence-corrected chi connectivity index (χ2v) is 11.8. The number of cyclic esters (lactones) is 1. The molecule has 1 heterocycles. The molecule has 3 N–H and O–H groups in total. The van der Waals surface area contributed by atoms with E-state index < -0.39 is 35.5 Å². The van der Waals surface area contributed by atoms with Crippen LogP contribution in [0.1, 0.15) is 60.8 Å². The van der Waals surface area contributed by atoms with E-state index >= 15 is 0 Å². The first kappa shape index (κ1) is 37.2. The van der Waals surface area contributed by atoms with Crippen molar-refractivity contribution in [3.05, 3.63) is 71.2 Å². The SMILES string of the molecule is CNC(=O)OC(C/C=C\NC(=O)C(NC(=O)/C=C/C=C/C(C)=C/C(C)C1CC=C(OC)C(=O)O1)C(C)(C)C)C/C=C(\C)Cl. The van der Waals surface area contributed by atoms with Crippen molar-refractivity contribution >= 4 is 35.5 Å². The number of carbonyl (C=O) groups excluding carboxylic acids is 4. The van der Waals surface area contributed by atoms with E-state index in [1.807, 2.05) is 46.8 Å². The summed E-state index contributed by atoms with van der Waals surface area (Å²) in [5.41, 5.74) is 0.368. The van der Waals surface area contributed by atoms with Crippen molar-refractivity contribution in [2.75, 3.05) is 14.2 Å². The third kappa shape index (κ3) is 14.8. The maximum Gasteiger partial charge on any atom is 0.407 e. The van der Waals surface area contributed by atoms with Crippen LogP contribution in [0.3, 0.4) is 0 Å². The molecule has 1 aliphatic rings. The van der Waals surface area contributed by atoms with Crippen LogP contribution in [-0.4, -0.2) is 56.3 Å². The van der Waals surface area contributed by atoms with E-state index in [1.165, 1.54) is 26.4 Å². The van der Waals surface area contributed by atoms with Crippen LogP contribution in [0.4, 0.5) is 4.79 Å². The molecule has 0 fully saturated rings. The van der Waals surface area contributed by atoms with Gasteiger partial charge in [-0.25, -0.2) is 9.59 Å². The zero-order valence-corrected chi connectivity index (χ0v) is 27.1. The maximum absolute atomic E-state index is 12.9. The summed E-state index contributed by atoms with van der Waals surface area (Å²) < 4.78 is 15.7. The summed E-state index contributed by atoms with van der Waals surface area (Å²) in [5, 5.41) is 8.45. The quantitative estimate of drug-likeness (QED) is 0.136. The normalized spacial score (nSPS) is 18.6.